The van der Waals surface area contributed by atoms with E-state index in [0.717, 1.165) is 12.1 Å². The number of hydrogen-bond acceptors (Lipinski definition) is 3. The fourth-order valence-electron chi connectivity index (χ4n) is 1.80. The molecule has 0 bridgehead atoms. The Morgan fingerprint density at radius 1 is 1.16 bits per heavy atom. The minimum absolute atomic E-state index is 0.114. The van der Waals surface area contributed by atoms with Crippen LogP contribution in [-0.4, -0.2) is 4.98 Å². The maximum Gasteiger partial charge on any atom is 0.149 e. The molecule has 0 radical (unpaired) electrons. The number of nitrogens with zero attached hydrogens (tertiary/aromatic N) is 2. The Hall–Kier alpha value is -2.48. The first-order valence-corrected chi connectivity index (χ1v) is 5.61. The van der Waals surface area contributed by atoms with E-state index < -0.39 is 11.6 Å². The molecule has 19 heavy (non-hydrogen) atoms. The molecule has 3 nitrogen and oxygen atoms in total. The maximum atomic E-state index is 13.6. The van der Waals surface area contributed by atoms with Crippen molar-refractivity contribution in [3.8, 4) is 6.07 Å². The molecule has 2 rings (SSSR count). The molecule has 1 heterocycles. The van der Waals surface area contributed by atoms with Gasteiger partial charge in [-0.1, -0.05) is 0 Å². The first-order valence-electron chi connectivity index (χ1n) is 5.61. The molecule has 5 heteroatoms. The van der Waals surface area contributed by atoms with Crippen LogP contribution in [0, 0.1) is 36.8 Å². The van der Waals surface area contributed by atoms with Crippen LogP contribution in [-0.2, 0) is 0 Å². The third kappa shape index (κ3) is 2.68. The maximum absolute atomic E-state index is 13.6. The SMILES string of the molecule is Cc1cc(Nc2ccc(F)cc2F)c(C#N)c(C)n1. The Morgan fingerprint density at radius 2 is 1.89 bits per heavy atom. The Balaban J connectivity index is 2.46. The van der Waals surface area contributed by atoms with E-state index in [4.69, 9.17) is 5.26 Å². The number of benzene rings is 1. The number of halogens is 2. The van der Waals surface area contributed by atoms with Crippen molar-refractivity contribution >= 4 is 11.4 Å². The second-order valence-corrected chi connectivity index (χ2v) is 4.13. The lowest BCUT2D eigenvalue weighted by Gasteiger charge is -2.11. The topological polar surface area (TPSA) is 48.7 Å². The second-order valence-electron chi connectivity index (χ2n) is 4.13. The molecule has 1 N–H and O–H groups in total. The summed E-state index contributed by atoms with van der Waals surface area (Å²) in [6, 6.07) is 6.89. The van der Waals surface area contributed by atoms with Gasteiger partial charge in [0.2, 0.25) is 0 Å². The summed E-state index contributed by atoms with van der Waals surface area (Å²) < 4.78 is 26.4. The number of rotatable bonds is 2. The molecule has 0 aliphatic carbocycles. The fraction of sp³-hybridized carbons (Fsp3) is 0.143. The number of aryl methyl sites for hydroxylation is 2. The molecule has 2 aromatic rings. The lowest BCUT2D eigenvalue weighted by atomic mass is 10.1. The lowest BCUT2D eigenvalue weighted by molar-refractivity contribution is 0.586. The number of nitrogens with one attached hydrogen (secondary N) is 1. The highest BCUT2D eigenvalue weighted by Gasteiger charge is 2.10. The van der Waals surface area contributed by atoms with Crippen molar-refractivity contribution in [2.75, 3.05) is 5.32 Å². The Labute approximate surface area is 109 Å². The molecule has 0 amide bonds. The Morgan fingerprint density at radius 3 is 2.53 bits per heavy atom. The zero-order chi connectivity index (χ0) is 14.0. The van der Waals surface area contributed by atoms with Crippen LogP contribution in [0.15, 0.2) is 24.3 Å². The van der Waals surface area contributed by atoms with Gasteiger partial charge < -0.3 is 5.32 Å². The predicted molar refractivity (Wildman–Crippen MR) is 68.1 cm³/mol. The Kier molecular flexibility index (Phi) is 3.43. The van der Waals surface area contributed by atoms with Crippen LogP contribution < -0.4 is 5.32 Å². The average Bonchev–Trinajstić information content (AvgIpc) is 2.32. The second kappa shape index (κ2) is 5.02. The molecule has 0 aliphatic heterocycles. The van der Waals surface area contributed by atoms with Crippen LogP contribution in [0.2, 0.25) is 0 Å². The molecule has 1 aromatic carbocycles. The number of aromatic nitrogens is 1. The summed E-state index contributed by atoms with van der Waals surface area (Å²) in [4.78, 5) is 4.17. The van der Waals surface area contributed by atoms with E-state index in [1.54, 1.807) is 19.9 Å². The third-order valence-electron chi connectivity index (χ3n) is 2.64. The molecule has 1 aromatic heterocycles. The largest absolute Gasteiger partial charge is 0.352 e. The highest BCUT2D eigenvalue weighted by molar-refractivity contribution is 5.68. The molecule has 96 valence electrons. The third-order valence-corrected chi connectivity index (χ3v) is 2.64. The number of hydrogen-bond donors (Lipinski definition) is 1. The van der Waals surface area contributed by atoms with Gasteiger partial charge in [-0.15, -0.1) is 0 Å². The van der Waals surface area contributed by atoms with Crippen LogP contribution in [0.4, 0.5) is 20.2 Å². The van der Waals surface area contributed by atoms with Crippen molar-refractivity contribution in [3.63, 3.8) is 0 Å². The van der Waals surface area contributed by atoms with Gasteiger partial charge in [-0.2, -0.15) is 5.26 Å². The summed E-state index contributed by atoms with van der Waals surface area (Å²) in [6.07, 6.45) is 0. The van der Waals surface area contributed by atoms with Gasteiger partial charge in [-0.05, 0) is 32.0 Å². The molecule has 0 fully saturated rings. The summed E-state index contributed by atoms with van der Waals surface area (Å²) >= 11 is 0. The smallest absolute Gasteiger partial charge is 0.149 e. The van der Waals surface area contributed by atoms with E-state index in [-0.39, 0.29) is 5.69 Å². The molecule has 0 atom stereocenters. The van der Waals surface area contributed by atoms with Crippen molar-refractivity contribution in [1.82, 2.24) is 4.98 Å². The molecule has 0 saturated heterocycles. The van der Waals surface area contributed by atoms with Gasteiger partial charge in [-0.3, -0.25) is 4.98 Å². The van der Waals surface area contributed by atoms with Gasteiger partial charge in [0.25, 0.3) is 0 Å². The van der Waals surface area contributed by atoms with Crippen molar-refractivity contribution in [2.24, 2.45) is 0 Å². The number of nitriles is 1. The van der Waals surface area contributed by atoms with Gasteiger partial charge in [-0.25, -0.2) is 8.78 Å². The van der Waals surface area contributed by atoms with Crippen LogP contribution >= 0.6 is 0 Å². The minimum atomic E-state index is -0.712. The number of anilines is 2. The van der Waals surface area contributed by atoms with E-state index >= 15 is 0 Å². The van der Waals surface area contributed by atoms with Crippen molar-refractivity contribution < 1.29 is 8.78 Å². The van der Waals surface area contributed by atoms with E-state index in [2.05, 4.69) is 10.3 Å². The highest BCUT2D eigenvalue weighted by Crippen LogP contribution is 2.25. The molecular weight excluding hydrogens is 248 g/mol. The quantitative estimate of drug-likeness (QED) is 0.896. The van der Waals surface area contributed by atoms with Crippen molar-refractivity contribution in [1.29, 1.82) is 5.26 Å². The van der Waals surface area contributed by atoms with Gasteiger partial charge in [0, 0.05) is 11.8 Å². The van der Waals surface area contributed by atoms with E-state index in [0.29, 0.717) is 22.6 Å². The molecule has 0 unspecified atom stereocenters. The summed E-state index contributed by atoms with van der Waals surface area (Å²) in [6.45, 7) is 3.48. The van der Waals surface area contributed by atoms with E-state index in [1.807, 2.05) is 6.07 Å². The van der Waals surface area contributed by atoms with E-state index in [1.165, 1.54) is 6.07 Å². The van der Waals surface area contributed by atoms with Gasteiger partial charge in [0.05, 0.1) is 22.6 Å². The predicted octanol–water partition coefficient (Wildman–Crippen LogP) is 3.59. The van der Waals surface area contributed by atoms with Gasteiger partial charge in [0.15, 0.2) is 0 Å². The van der Waals surface area contributed by atoms with Crippen LogP contribution in [0.25, 0.3) is 0 Å². The van der Waals surface area contributed by atoms with Gasteiger partial charge in [0.1, 0.15) is 17.7 Å². The van der Waals surface area contributed by atoms with Crippen molar-refractivity contribution in [2.45, 2.75) is 13.8 Å². The van der Waals surface area contributed by atoms with Crippen LogP contribution in [0.3, 0.4) is 0 Å². The molecule has 0 aliphatic rings. The lowest BCUT2D eigenvalue weighted by Crippen LogP contribution is -2.01. The average molecular weight is 259 g/mol. The molecule has 0 spiro atoms. The van der Waals surface area contributed by atoms with Crippen LogP contribution in [0.1, 0.15) is 17.0 Å². The minimum Gasteiger partial charge on any atom is -0.352 e. The van der Waals surface area contributed by atoms with E-state index in [9.17, 15) is 8.78 Å². The summed E-state index contributed by atoms with van der Waals surface area (Å²) in [7, 11) is 0. The summed E-state index contributed by atoms with van der Waals surface area (Å²) in [5.41, 5.74) is 2.18. The van der Waals surface area contributed by atoms with Gasteiger partial charge >= 0.3 is 0 Å². The first kappa shape index (κ1) is 13.0. The summed E-state index contributed by atoms with van der Waals surface area (Å²) in [5, 5.41) is 11.9. The highest BCUT2D eigenvalue weighted by atomic mass is 19.1. The molecule has 0 saturated carbocycles. The standard InChI is InChI=1S/C14H11F2N3/c1-8-5-14(11(7-17)9(2)18-8)19-13-4-3-10(15)6-12(13)16/h3-6H,1-2H3,(H,18,19). The Bertz CT molecular complexity index is 675. The van der Waals surface area contributed by atoms with Crippen LogP contribution in [0.5, 0.6) is 0 Å². The molecular formula is C14H11F2N3. The zero-order valence-electron chi connectivity index (χ0n) is 10.5. The zero-order valence-corrected chi connectivity index (χ0v) is 10.5. The monoisotopic (exact) mass is 259 g/mol. The van der Waals surface area contributed by atoms with Crippen molar-refractivity contribution in [3.05, 3.63) is 52.9 Å². The fourth-order valence-corrected chi connectivity index (χ4v) is 1.80. The first-order chi connectivity index (χ1) is 9.01. The summed E-state index contributed by atoms with van der Waals surface area (Å²) in [5.74, 6) is -1.36. The normalized spacial score (nSPS) is 10.1. The number of pyridine rings is 1.